The van der Waals surface area contributed by atoms with Crippen molar-refractivity contribution in [2.24, 2.45) is 0 Å². The highest BCUT2D eigenvalue weighted by Gasteiger charge is 2.62. The van der Waals surface area contributed by atoms with Crippen LogP contribution < -0.4 is 0 Å². The van der Waals surface area contributed by atoms with Crippen LogP contribution in [0.2, 0.25) is 0 Å². The Bertz CT molecular complexity index is 388. The number of hydrogen-bond acceptors (Lipinski definition) is 6. The summed E-state index contributed by atoms with van der Waals surface area (Å²) in [6, 6.07) is 0. The van der Waals surface area contributed by atoms with Crippen molar-refractivity contribution in [3.8, 4) is 0 Å². The zero-order chi connectivity index (χ0) is 13.2. The molecule has 0 bridgehead atoms. The first-order valence-electron chi connectivity index (χ1n) is 6.11. The maximum Gasteiger partial charge on any atom is 0.258 e. The lowest BCUT2D eigenvalue weighted by molar-refractivity contribution is -0.263. The summed E-state index contributed by atoms with van der Waals surface area (Å²) < 4.78 is 27.9. The smallest absolute Gasteiger partial charge is 0.258 e. The third kappa shape index (κ3) is 1.80. The van der Waals surface area contributed by atoms with E-state index >= 15 is 0 Å². The molecule has 3 aliphatic heterocycles. The summed E-state index contributed by atoms with van der Waals surface area (Å²) >= 11 is 0. The molecule has 3 saturated heterocycles. The van der Waals surface area contributed by atoms with Crippen LogP contribution >= 0.6 is 0 Å². The maximum atomic E-state index is 12.5. The highest BCUT2D eigenvalue weighted by molar-refractivity contribution is 5.92. The second kappa shape index (κ2) is 3.52. The van der Waals surface area contributed by atoms with Gasteiger partial charge in [-0.1, -0.05) is 0 Å². The maximum absolute atomic E-state index is 12.5. The molecule has 18 heavy (non-hydrogen) atoms. The fourth-order valence-corrected chi connectivity index (χ4v) is 2.60. The molecule has 0 aromatic rings. The molecule has 0 radical (unpaired) electrons. The Kier molecular flexibility index (Phi) is 2.44. The molecule has 3 atom stereocenters. The van der Waals surface area contributed by atoms with Gasteiger partial charge in [-0.3, -0.25) is 4.79 Å². The van der Waals surface area contributed by atoms with E-state index in [2.05, 4.69) is 0 Å². The Labute approximate surface area is 105 Å². The first kappa shape index (κ1) is 12.5. The number of hydrogen-bond donors (Lipinski definition) is 0. The van der Waals surface area contributed by atoms with Crippen LogP contribution in [0.3, 0.4) is 0 Å². The Balaban J connectivity index is 1.84. The van der Waals surface area contributed by atoms with Crippen molar-refractivity contribution in [1.82, 2.24) is 0 Å². The van der Waals surface area contributed by atoms with Crippen molar-refractivity contribution in [3.63, 3.8) is 0 Å². The highest BCUT2D eigenvalue weighted by Crippen LogP contribution is 2.41. The van der Waals surface area contributed by atoms with E-state index in [-0.39, 0.29) is 25.1 Å². The minimum absolute atomic E-state index is 0.0891. The first-order valence-corrected chi connectivity index (χ1v) is 6.11. The summed E-state index contributed by atoms with van der Waals surface area (Å²) in [7, 11) is 0. The van der Waals surface area contributed by atoms with Crippen molar-refractivity contribution < 1.29 is 28.5 Å². The SMILES string of the molecule is CC1(C)O[C@H]2CO[C@]3(COC(C)(C)O3)C(=O)[C@H]2O1. The van der Waals surface area contributed by atoms with Gasteiger partial charge in [0.1, 0.15) is 12.7 Å². The van der Waals surface area contributed by atoms with Gasteiger partial charge in [0.2, 0.25) is 5.78 Å². The van der Waals surface area contributed by atoms with Gasteiger partial charge in [0.25, 0.3) is 5.79 Å². The minimum Gasteiger partial charge on any atom is -0.344 e. The Morgan fingerprint density at radius 3 is 2.39 bits per heavy atom. The van der Waals surface area contributed by atoms with Crippen LogP contribution in [0.15, 0.2) is 0 Å². The molecule has 0 aromatic heterocycles. The van der Waals surface area contributed by atoms with Crippen molar-refractivity contribution in [1.29, 1.82) is 0 Å². The van der Waals surface area contributed by atoms with Gasteiger partial charge in [0.05, 0.1) is 6.61 Å². The molecule has 0 aliphatic carbocycles. The molecule has 0 aromatic carbocycles. The third-order valence-corrected chi connectivity index (χ3v) is 3.32. The topological polar surface area (TPSA) is 63.2 Å². The predicted molar refractivity (Wildman–Crippen MR) is 58.6 cm³/mol. The van der Waals surface area contributed by atoms with Crippen LogP contribution in [-0.2, 0) is 28.5 Å². The minimum atomic E-state index is -1.34. The Morgan fingerprint density at radius 1 is 1.06 bits per heavy atom. The molecular weight excluding hydrogens is 240 g/mol. The van der Waals surface area contributed by atoms with Crippen LogP contribution in [0.1, 0.15) is 27.7 Å². The molecule has 0 saturated carbocycles. The number of Topliss-reactive ketones (excluding diaryl/α,β-unsaturated/α-hetero) is 1. The van der Waals surface area contributed by atoms with Gasteiger partial charge >= 0.3 is 0 Å². The molecule has 0 unspecified atom stereocenters. The van der Waals surface area contributed by atoms with E-state index in [0.29, 0.717) is 0 Å². The lowest BCUT2D eigenvalue weighted by atomic mass is 9.99. The van der Waals surface area contributed by atoms with Crippen LogP contribution in [0.4, 0.5) is 0 Å². The van der Waals surface area contributed by atoms with Crippen molar-refractivity contribution >= 4 is 5.78 Å². The lowest BCUT2D eigenvalue weighted by Gasteiger charge is -2.35. The second-order valence-electron chi connectivity index (χ2n) is 5.81. The van der Waals surface area contributed by atoms with Crippen LogP contribution in [-0.4, -0.2) is 48.6 Å². The molecule has 6 nitrogen and oxygen atoms in total. The van der Waals surface area contributed by atoms with Gasteiger partial charge in [0.15, 0.2) is 17.7 Å². The zero-order valence-corrected chi connectivity index (χ0v) is 11.0. The summed E-state index contributed by atoms with van der Waals surface area (Å²) in [6.45, 7) is 7.41. The predicted octanol–water partition coefficient (Wildman–Crippen LogP) is 0.585. The molecule has 3 aliphatic rings. The van der Waals surface area contributed by atoms with Gasteiger partial charge in [-0.15, -0.1) is 0 Å². The summed E-state index contributed by atoms with van der Waals surface area (Å²) in [6.07, 6.45) is -1.02. The molecule has 6 heteroatoms. The fraction of sp³-hybridized carbons (Fsp3) is 0.917. The number of carbonyl (C=O) groups is 1. The first-order chi connectivity index (χ1) is 8.23. The Hall–Kier alpha value is -0.530. The quantitative estimate of drug-likeness (QED) is 0.633. The number of ether oxygens (including phenoxy) is 5. The monoisotopic (exact) mass is 258 g/mol. The number of rotatable bonds is 0. The van der Waals surface area contributed by atoms with E-state index in [1.807, 2.05) is 0 Å². The largest absolute Gasteiger partial charge is 0.344 e. The molecule has 3 rings (SSSR count). The van der Waals surface area contributed by atoms with Crippen molar-refractivity contribution in [3.05, 3.63) is 0 Å². The Morgan fingerprint density at radius 2 is 1.78 bits per heavy atom. The van der Waals surface area contributed by atoms with E-state index in [4.69, 9.17) is 23.7 Å². The van der Waals surface area contributed by atoms with Gasteiger partial charge in [0, 0.05) is 0 Å². The van der Waals surface area contributed by atoms with Gasteiger partial charge in [-0.2, -0.15) is 0 Å². The zero-order valence-electron chi connectivity index (χ0n) is 11.0. The molecule has 0 N–H and O–H groups in total. The normalized spacial score (nSPS) is 45.4. The molecule has 102 valence electrons. The van der Waals surface area contributed by atoms with Crippen molar-refractivity contribution in [2.75, 3.05) is 13.2 Å². The van der Waals surface area contributed by atoms with Crippen LogP contribution in [0.25, 0.3) is 0 Å². The summed E-state index contributed by atoms with van der Waals surface area (Å²) in [4.78, 5) is 12.5. The summed E-state index contributed by atoms with van der Waals surface area (Å²) in [5, 5.41) is 0. The van der Waals surface area contributed by atoms with E-state index < -0.39 is 23.5 Å². The highest BCUT2D eigenvalue weighted by atomic mass is 16.8. The van der Waals surface area contributed by atoms with Gasteiger partial charge in [-0.25, -0.2) is 0 Å². The van der Waals surface area contributed by atoms with E-state index in [1.165, 1.54) is 0 Å². The summed E-state index contributed by atoms with van der Waals surface area (Å²) in [5.74, 6) is -3.18. The van der Waals surface area contributed by atoms with Crippen molar-refractivity contribution in [2.45, 2.75) is 57.3 Å². The average Bonchev–Trinajstić information content (AvgIpc) is 2.71. The second-order valence-corrected chi connectivity index (χ2v) is 5.81. The van der Waals surface area contributed by atoms with Gasteiger partial charge < -0.3 is 23.7 Å². The third-order valence-electron chi connectivity index (χ3n) is 3.32. The summed E-state index contributed by atoms with van der Waals surface area (Å²) in [5.41, 5.74) is 0. The van der Waals surface area contributed by atoms with E-state index in [0.717, 1.165) is 0 Å². The molecular formula is C12H18O6. The number of ketones is 1. The van der Waals surface area contributed by atoms with Crippen LogP contribution in [0, 0.1) is 0 Å². The number of carbonyl (C=O) groups excluding carboxylic acids is 1. The molecule has 0 amide bonds. The van der Waals surface area contributed by atoms with Gasteiger partial charge in [-0.05, 0) is 27.7 Å². The van der Waals surface area contributed by atoms with E-state index in [1.54, 1.807) is 27.7 Å². The standard InChI is InChI=1S/C12H18O6/c1-10(2)15-6-12(18-10)9(13)8-7(5-14-12)16-11(3,4)17-8/h7-8H,5-6H2,1-4H3/t7-,8-,12-/m0/s1. The molecule has 3 heterocycles. The van der Waals surface area contributed by atoms with Crippen LogP contribution in [0.5, 0.6) is 0 Å². The van der Waals surface area contributed by atoms with E-state index in [9.17, 15) is 4.79 Å². The fourth-order valence-electron chi connectivity index (χ4n) is 2.60. The molecule has 1 spiro atoms. The number of fused-ring (bicyclic) bond motifs is 1. The average molecular weight is 258 g/mol. The molecule has 3 fully saturated rings. The lowest BCUT2D eigenvalue weighted by Crippen LogP contribution is -2.58.